The Morgan fingerprint density at radius 2 is 1.73 bits per heavy atom. The van der Waals surface area contributed by atoms with E-state index in [1.807, 2.05) is 63.2 Å². The van der Waals surface area contributed by atoms with Crippen molar-refractivity contribution in [1.82, 2.24) is 4.90 Å². The van der Waals surface area contributed by atoms with Crippen LogP contribution in [0.25, 0.3) is 11.1 Å². The predicted molar refractivity (Wildman–Crippen MR) is 143 cm³/mol. The molecular weight excluding hydrogens is 474 g/mol. The average Bonchev–Trinajstić information content (AvgIpc) is 3.21. The number of anilines is 2. The summed E-state index contributed by atoms with van der Waals surface area (Å²) in [6, 6.07) is 17.1. The first-order valence-electron chi connectivity index (χ1n) is 12.1. The average molecular weight is 510 g/mol. The number of rotatable bonds is 5. The number of ether oxygens (including phenoxy) is 2. The molecule has 1 aliphatic heterocycles. The molecule has 0 atom stereocenters. The van der Waals surface area contributed by atoms with E-state index in [0.717, 1.165) is 49.5 Å². The summed E-state index contributed by atoms with van der Waals surface area (Å²) in [6.07, 6.45) is -0.512. The number of aryl methyl sites for hydroxylation is 1. The number of hydrogen-bond acceptors (Lipinski definition) is 7. The van der Waals surface area contributed by atoms with Crippen LogP contribution in [-0.2, 0) is 16.0 Å². The molecule has 37 heavy (non-hydrogen) atoms. The van der Waals surface area contributed by atoms with E-state index < -0.39 is 17.7 Å². The van der Waals surface area contributed by atoms with E-state index >= 15 is 0 Å². The second-order valence-electron chi connectivity index (χ2n) is 9.68. The quantitative estimate of drug-likeness (QED) is 0.390. The van der Waals surface area contributed by atoms with Crippen LogP contribution < -0.4 is 11.1 Å². The van der Waals surface area contributed by atoms with Crippen LogP contribution in [0.1, 0.15) is 42.6 Å². The lowest BCUT2D eigenvalue weighted by atomic mass is 10.0. The highest BCUT2D eigenvalue weighted by atomic mass is 16.6. The lowest BCUT2D eigenvalue weighted by molar-refractivity contribution is 0.0340. The summed E-state index contributed by atoms with van der Waals surface area (Å²) in [4.78, 5) is 24.7. The third kappa shape index (κ3) is 8.66. The van der Waals surface area contributed by atoms with Gasteiger partial charge in [-0.15, -0.1) is 0 Å². The van der Waals surface area contributed by atoms with Crippen molar-refractivity contribution in [3.8, 4) is 11.1 Å². The Morgan fingerprint density at radius 3 is 2.30 bits per heavy atom. The van der Waals surface area contributed by atoms with Crippen molar-refractivity contribution < 1.29 is 28.6 Å². The van der Waals surface area contributed by atoms with Crippen LogP contribution in [-0.4, -0.2) is 54.0 Å². The maximum Gasteiger partial charge on any atom is 0.412 e. The molecule has 1 amide bonds. The Bertz CT molecular complexity index is 1190. The van der Waals surface area contributed by atoms with Gasteiger partial charge in [0.1, 0.15) is 11.4 Å². The van der Waals surface area contributed by atoms with Crippen molar-refractivity contribution in [3.05, 3.63) is 71.7 Å². The molecule has 9 heteroatoms. The summed E-state index contributed by atoms with van der Waals surface area (Å²) >= 11 is 0. The molecule has 2 aromatic carbocycles. The monoisotopic (exact) mass is 509 g/mol. The number of carbonyl (C=O) groups is 2. The number of aromatic carboxylic acids is 1. The summed E-state index contributed by atoms with van der Waals surface area (Å²) in [6.45, 7) is 11.2. The predicted octanol–water partition coefficient (Wildman–Crippen LogP) is 5.40. The molecule has 1 saturated heterocycles. The van der Waals surface area contributed by atoms with Gasteiger partial charge in [0.25, 0.3) is 0 Å². The number of carboxylic acid groups (broad SMARTS) is 1. The third-order valence-electron chi connectivity index (χ3n) is 5.52. The van der Waals surface area contributed by atoms with E-state index in [1.165, 1.54) is 0 Å². The molecule has 4 N–H and O–H groups in total. The number of nitrogens with one attached hydrogen (secondary N) is 1. The zero-order chi connectivity index (χ0) is 27.0. The molecule has 0 aliphatic carbocycles. The molecule has 4 rings (SSSR count). The molecule has 2 heterocycles. The van der Waals surface area contributed by atoms with Crippen LogP contribution in [0.4, 0.5) is 16.2 Å². The number of nitrogens with zero attached hydrogens (tertiary/aromatic N) is 1. The number of benzene rings is 2. The number of carbonyl (C=O) groups excluding carboxylic acids is 1. The van der Waals surface area contributed by atoms with E-state index in [-0.39, 0.29) is 5.76 Å². The van der Waals surface area contributed by atoms with E-state index in [9.17, 15) is 9.59 Å². The Hall–Kier alpha value is -3.82. The van der Waals surface area contributed by atoms with Gasteiger partial charge in [-0.3, -0.25) is 10.2 Å². The smallest absolute Gasteiger partial charge is 0.412 e. The molecule has 0 bridgehead atoms. The standard InChI is InChI=1S/C17H20N2O2.C11H15NO4/c1-17(2,3)21-16(20)19-15-10-9-13(11-14(15)18)12-7-5-4-6-8-12;1-8-9(6-10(16-8)11(13)14)7-12-2-4-15-5-3-12/h4-11H,18H2,1-3H3,(H,19,20);6H,2-5,7H2,1H3,(H,13,14). The van der Waals surface area contributed by atoms with Gasteiger partial charge in [-0.1, -0.05) is 36.4 Å². The van der Waals surface area contributed by atoms with Gasteiger partial charge in [-0.2, -0.15) is 0 Å². The van der Waals surface area contributed by atoms with Crippen LogP contribution >= 0.6 is 0 Å². The molecular formula is C28H35N3O6. The van der Waals surface area contributed by atoms with Gasteiger partial charge < -0.3 is 24.7 Å². The molecule has 0 radical (unpaired) electrons. The van der Waals surface area contributed by atoms with Crippen LogP contribution in [0, 0.1) is 6.92 Å². The van der Waals surface area contributed by atoms with E-state index in [1.54, 1.807) is 19.1 Å². The summed E-state index contributed by atoms with van der Waals surface area (Å²) in [5.41, 5.74) is 9.53. The van der Waals surface area contributed by atoms with Crippen LogP contribution in [0.3, 0.4) is 0 Å². The van der Waals surface area contributed by atoms with Crippen molar-refractivity contribution in [1.29, 1.82) is 0 Å². The van der Waals surface area contributed by atoms with Crippen LogP contribution in [0.2, 0.25) is 0 Å². The van der Waals surface area contributed by atoms with Gasteiger partial charge in [0.05, 0.1) is 24.6 Å². The molecule has 1 aliphatic rings. The fraction of sp³-hybridized carbons (Fsp3) is 0.357. The molecule has 0 spiro atoms. The number of furan rings is 1. The highest BCUT2D eigenvalue weighted by Crippen LogP contribution is 2.27. The minimum atomic E-state index is -1.02. The largest absolute Gasteiger partial charge is 0.475 e. The summed E-state index contributed by atoms with van der Waals surface area (Å²) in [5, 5.41) is 11.5. The summed E-state index contributed by atoms with van der Waals surface area (Å²) < 4.78 is 15.6. The van der Waals surface area contributed by atoms with E-state index in [0.29, 0.717) is 17.1 Å². The fourth-order valence-corrected chi connectivity index (χ4v) is 3.68. The summed E-state index contributed by atoms with van der Waals surface area (Å²) in [5.74, 6) is -0.319. The molecule has 1 aromatic heterocycles. The third-order valence-corrected chi connectivity index (χ3v) is 5.52. The summed E-state index contributed by atoms with van der Waals surface area (Å²) in [7, 11) is 0. The highest BCUT2D eigenvalue weighted by Gasteiger charge is 2.18. The number of hydrogen-bond donors (Lipinski definition) is 3. The number of nitrogens with two attached hydrogens (primary N) is 1. The van der Waals surface area contributed by atoms with E-state index in [2.05, 4.69) is 10.2 Å². The zero-order valence-corrected chi connectivity index (χ0v) is 21.7. The maximum absolute atomic E-state index is 11.7. The number of carboxylic acids is 1. The van der Waals surface area contributed by atoms with Crippen LogP contribution in [0.5, 0.6) is 0 Å². The molecule has 9 nitrogen and oxygen atoms in total. The van der Waals surface area contributed by atoms with Crippen molar-refractivity contribution in [2.45, 2.75) is 39.8 Å². The Kier molecular flexibility index (Phi) is 9.32. The number of morpholine rings is 1. The Labute approximate surface area is 217 Å². The van der Waals surface area contributed by atoms with Crippen molar-refractivity contribution in [2.75, 3.05) is 37.4 Å². The normalized spacial score (nSPS) is 13.8. The molecule has 0 saturated carbocycles. The van der Waals surface area contributed by atoms with Gasteiger partial charge >= 0.3 is 12.1 Å². The zero-order valence-electron chi connectivity index (χ0n) is 21.7. The number of nitrogen functional groups attached to an aromatic ring is 1. The van der Waals surface area contributed by atoms with Gasteiger partial charge in [0, 0.05) is 25.2 Å². The van der Waals surface area contributed by atoms with Crippen molar-refractivity contribution >= 4 is 23.4 Å². The van der Waals surface area contributed by atoms with Gasteiger partial charge in [-0.25, -0.2) is 9.59 Å². The topological polar surface area (TPSA) is 127 Å². The lowest BCUT2D eigenvalue weighted by Crippen LogP contribution is -2.35. The fourth-order valence-electron chi connectivity index (χ4n) is 3.68. The Balaban J connectivity index is 0.000000213. The Morgan fingerprint density at radius 1 is 1.05 bits per heavy atom. The molecule has 198 valence electrons. The lowest BCUT2D eigenvalue weighted by Gasteiger charge is -2.26. The SMILES string of the molecule is CC(C)(C)OC(=O)Nc1ccc(-c2ccccc2)cc1N.Cc1oc(C(=O)O)cc1CN1CCOCC1. The van der Waals surface area contributed by atoms with Gasteiger partial charge in [0.2, 0.25) is 5.76 Å². The first kappa shape index (κ1) is 27.8. The highest BCUT2D eigenvalue weighted by molar-refractivity contribution is 5.90. The molecule has 0 unspecified atom stereocenters. The first-order valence-corrected chi connectivity index (χ1v) is 12.1. The van der Waals surface area contributed by atoms with Gasteiger partial charge in [0.15, 0.2) is 0 Å². The van der Waals surface area contributed by atoms with Crippen molar-refractivity contribution in [3.63, 3.8) is 0 Å². The molecule has 3 aromatic rings. The second-order valence-corrected chi connectivity index (χ2v) is 9.68. The molecule has 1 fully saturated rings. The second kappa shape index (κ2) is 12.4. The van der Waals surface area contributed by atoms with Crippen molar-refractivity contribution in [2.24, 2.45) is 0 Å². The first-order chi connectivity index (χ1) is 17.5. The van der Waals surface area contributed by atoms with Crippen LogP contribution in [0.15, 0.2) is 59.0 Å². The minimum absolute atomic E-state index is 0.0146. The maximum atomic E-state index is 11.7. The number of amides is 1. The van der Waals surface area contributed by atoms with E-state index in [4.69, 9.17) is 24.7 Å². The van der Waals surface area contributed by atoms with Gasteiger partial charge in [-0.05, 0) is 57.0 Å². The minimum Gasteiger partial charge on any atom is -0.475 e.